The quantitative estimate of drug-likeness (QED) is 0.674. The molecular formula is C18H17N5O4S. The Morgan fingerprint density at radius 1 is 1.32 bits per heavy atom. The van der Waals surface area contributed by atoms with Crippen LogP contribution in [0.2, 0.25) is 0 Å². The minimum absolute atomic E-state index is 0.0398. The molecule has 10 heteroatoms. The lowest BCUT2D eigenvalue weighted by Crippen LogP contribution is -2.41. The highest BCUT2D eigenvalue weighted by molar-refractivity contribution is 7.14. The average molecular weight is 399 g/mol. The van der Waals surface area contributed by atoms with Crippen LogP contribution in [-0.2, 0) is 20.8 Å². The highest BCUT2D eigenvalue weighted by atomic mass is 32.1. The first-order valence-electron chi connectivity index (χ1n) is 8.55. The molecule has 0 atom stereocenters. The lowest BCUT2D eigenvalue weighted by atomic mass is 10.1. The smallest absolute Gasteiger partial charge is 0.325 e. The van der Waals surface area contributed by atoms with E-state index in [-0.39, 0.29) is 12.5 Å². The van der Waals surface area contributed by atoms with Crippen molar-refractivity contribution in [2.45, 2.75) is 25.8 Å². The van der Waals surface area contributed by atoms with Crippen LogP contribution in [0.4, 0.5) is 15.6 Å². The minimum atomic E-state index is -1.02. The van der Waals surface area contributed by atoms with Crippen molar-refractivity contribution >= 4 is 45.9 Å². The third-order valence-corrected chi connectivity index (χ3v) is 5.28. The van der Waals surface area contributed by atoms with Crippen LogP contribution in [0.3, 0.4) is 0 Å². The maximum Gasteiger partial charge on any atom is 0.325 e. The molecule has 144 valence electrons. The molecule has 0 bridgehead atoms. The lowest BCUT2D eigenvalue weighted by molar-refractivity contribution is -0.132. The van der Waals surface area contributed by atoms with Crippen LogP contribution in [-0.4, -0.2) is 45.7 Å². The fraction of sp³-hybridized carbons (Fsp3) is 0.278. The number of nitrogens with one attached hydrogen (secondary N) is 3. The molecule has 2 aliphatic rings. The van der Waals surface area contributed by atoms with E-state index in [0.717, 1.165) is 21.7 Å². The van der Waals surface area contributed by atoms with Gasteiger partial charge < -0.3 is 16.0 Å². The van der Waals surface area contributed by atoms with Crippen LogP contribution in [0.5, 0.6) is 0 Å². The normalized spacial score (nSPS) is 17.4. The molecule has 4 rings (SSSR count). The van der Waals surface area contributed by atoms with Crippen molar-refractivity contribution in [3.05, 3.63) is 29.1 Å². The first-order valence-corrected chi connectivity index (χ1v) is 9.43. The van der Waals surface area contributed by atoms with Gasteiger partial charge in [0, 0.05) is 16.6 Å². The highest BCUT2D eigenvalue weighted by Crippen LogP contribution is 2.30. The van der Waals surface area contributed by atoms with Gasteiger partial charge in [-0.1, -0.05) is 6.07 Å². The van der Waals surface area contributed by atoms with Gasteiger partial charge >= 0.3 is 6.03 Å². The number of imide groups is 1. The van der Waals surface area contributed by atoms with E-state index in [2.05, 4.69) is 20.9 Å². The van der Waals surface area contributed by atoms with Gasteiger partial charge in [-0.05, 0) is 31.5 Å². The fourth-order valence-corrected chi connectivity index (χ4v) is 3.85. The van der Waals surface area contributed by atoms with Crippen molar-refractivity contribution in [3.8, 4) is 11.3 Å². The molecule has 28 heavy (non-hydrogen) atoms. The van der Waals surface area contributed by atoms with Crippen molar-refractivity contribution in [2.75, 3.05) is 17.2 Å². The monoisotopic (exact) mass is 399 g/mol. The van der Waals surface area contributed by atoms with Crippen LogP contribution in [0, 0.1) is 0 Å². The summed E-state index contributed by atoms with van der Waals surface area (Å²) in [6.45, 7) is 2.78. The molecule has 1 saturated heterocycles. The number of benzene rings is 1. The van der Waals surface area contributed by atoms with Crippen molar-refractivity contribution in [1.29, 1.82) is 0 Å². The summed E-state index contributed by atoms with van der Waals surface area (Å²) in [5, 5.41) is 10.1. The lowest BCUT2D eigenvalue weighted by Gasteiger charge is -2.15. The van der Waals surface area contributed by atoms with Gasteiger partial charge in [-0.15, -0.1) is 11.3 Å². The van der Waals surface area contributed by atoms with Crippen LogP contribution in [0.1, 0.15) is 19.4 Å². The van der Waals surface area contributed by atoms with Gasteiger partial charge in [-0.3, -0.25) is 19.3 Å². The van der Waals surface area contributed by atoms with E-state index in [0.29, 0.717) is 17.2 Å². The second-order valence-electron chi connectivity index (χ2n) is 7.13. The van der Waals surface area contributed by atoms with Crippen LogP contribution in [0.15, 0.2) is 23.6 Å². The van der Waals surface area contributed by atoms with E-state index in [4.69, 9.17) is 0 Å². The van der Waals surface area contributed by atoms with E-state index in [9.17, 15) is 19.2 Å². The zero-order chi connectivity index (χ0) is 20.1. The fourth-order valence-electron chi connectivity index (χ4n) is 3.12. The largest absolute Gasteiger partial charge is 0.326 e. The molecule has 0 unspecified atom stereocenters. The SMILES string of the molecule is CC1(C)NC(=O)N(CC(=O)Nc2nc(-c3ccc4c(c3)CC(=O)N4)cs2)C1=O. The third-order valence-electron chi connectivity index (χ3n) is 4.52. The van der Waals surface area contributed by atoms with Crippen molar-refractivity contribution < 1.29 is 19.2 Å². The summed E-state index contributed by atoms with van der Waals surface area (Å²) < 4.78 is 0. The van der Waals surface area contributed by atoms with Crippen molar-refractivity contribution in [1.82, 2.24) is 15.2 Å². The summed E-state index contributed by atoms with van der Waals surface area (Å²) in [7, 11) is 0. The summed E-state index contributed by atoms with van der Waals surface area (Å²) >= 11 is 1.24. The van der Waals surface area contributed by atoms with Crippen LogP contribution < -0.4 is 16.0 Å². The number of fused-ring (bicyclic) bond motifs is 1. The third kappa shape index (κ3) is 3.22. The standard InChI is InChI=1S/C18H17N5O4S/c1-18(2)15(26)23(17(27)22-18)7-14(25)21-16-20-12(8-28-16)9-3-4-11-10(5-9)6-13(24)19-11/h3-5,8H,6-7H2,1-2H3,(H,19,24)(H,22,27)(H,20,21,25). The maximum absolute atomic E-state index is 12.2. The molecule has 0 aliphatic carbocycles. The Hall–Kier alpha value is -3.27. The molecule has 5 amide bonds. The summed E-state index contributed by atoms with van der Waals surface area (Å²) in [6, 6.07) is 4.97. The van der Waals surface area contributed by atoms with Gasteiger partial charge in [0.25, 0.3) is 5.91 Å². The van der Waals surface area contributed by atoms with Crippen LogP contribution in [0.25, 0.3) is 11.3 Å². The first kappa shape index (κ1) is 18.1. The number of amides is 5. The van der Waals surface area contributed by atoms with E-state index in [1.54, 1.807) is 19.2 Å². The van der Waals surface area contributed by atoms with Crippen LogP contribution >= 0.6 is 11.3 Å². The number of hydrogen-bond donors (Lipinski definition) is 3. The molecule has 1 aromatic carbocycles. The molecule has 0 spiro atoms. The number of urea groups is 1. The average Bonchev–Trinajstić information content (AvgIpc) is 3.27. The number of rotatable bonds is 4. The molecule has 2 aliphatic heterocycles. The van der Waals surface area contributed by atoms with Gasteiger partial charge in [0.2, 0.25) is 11.8 Å². The Balaban J connectivity index is 1.43. The Kier molecular flexibility index (Phi) is 4.15. The number of nitrogens with zero attached hydrogens (tertiary/aromatic N) is 2. The topological polar surface area (TPSA) is 120 Å². The molecule has 3 N–H and O–H groups in total. The van der Waals surface area contributed by atoms with E-state index < -0.39 is 23.4 Å². The summed E-state index contributed by atoms with van der Waals surface area (Å²) in [5.74, 6) is -0.998. The van der Waals surface area contributed by atoms with Gasteiger partial charge in [0.1, 0.15) is 12.1 Å². The number of carbonyl (C=O) groups is 4. The predicted molar refractivity (Wildman–Crippen MR) is 103 cm³/mol. The molecule has 1 fully saturated rings. The highest BCUT2D eigenvalue weighted by Gasteiger charge is 2.44. The first-order chi connectivity index (χ1) is 13.2. The van der Waals surface area contributed by atoms with Crippen molar-refractivity contribution in [3.63, 3.8) is 0 Å². The Morgan fingerprint density at radius 2 is 2.11 bits per heavy atom. The summed E-state index contributed by atoms with van der Waals surface area (Å²) in [4.78, 5) is 53.0. The zero-order valence-corrected chi connectivity index (χ0v) is 16.0. The number of thiazole rings is 1. The van der Waals surface area contributed by atoms with Gasteiger partial charge in [-0.25, -0.2) is 9.78 Å². The molecule has 3 heterocycles. The maximum atomic E-state index is 12.2. The molecule has 1 aromatic heterocycles. The molecule has 0 saturated carbocycles. The molecule has 2 aromatic rings. The number of hydrogen-bond acceptors (Lipinski definition) is 6. The second kappa shape index (κ2) is 6.41. The number of anilines is 2. The molecule has 9 nitrogen and oxygen atoms in total. The number of aromatic nitrogens is 1. The van der Waals surface area contributed by atoms with Gasteiger partial charge in [0.15, 0.2) is 5.13 Å². The number of carbonyl (C=O) groups excluding carboxylic acids is 4. The zero-order valence-electron chi connectivity index (χ0n) is 15.2. The van der Waals surface area contributed by atoms with Gasteiger partial charge in [0.05, 0.1) is 12.1 Å². The Labute approximate surface area is 164 Å². The Bertz CT molecular complexity index is 1030. The minimum Gasteiger partial charge on any atom is -0.326 e. The summed E-state index contributed by atoms with van der Waals surface area (Å²) in [5.41, 5.74) is 2.19. The van der Waals surface area contributed by atoms with Gasteiger partial charge in [-0.2, -0.15) is 0 Å². The molecular weight excluding hydrogens is 382 g/mol. The van der Waals surface area contributed by atoms with E-state index in [1.165, 1.54) is 11.3 Å². The predicted octanol–water partition coefficient (Wildman–Crippen LogP) is 1.57. The van der Waals surface area contributed by atoms with Crippen molar-refractivity contribution in [2.24, 2.45) is 0 Å². The summed E-state index contributed by atoms with van der Waals surface area (Å²) in [6.07, 6.45) is 0.333. The molecule has 0 radical (unpaired) electrons. The second-order valence-corrected chi connectivity index (χ2v) is 7.99. The van der Waals surface area contributed by atoms with E-state index >= 15 is 0 Å². The van der Waals surface area contributed by atoms with E-state index in [1.807, 2.05) is 18.2 Å². The Morgan fingerprint density at radius 3 is 2.82 bits per heavy atom.